The summed E-state index contributed by atoms with van der Waals surface area (Å²) in [4.78, 5) is 0. The summed E-state index contributed by atoms with van der Waals surface area (Å²) in [5.74, 6) is 1.37. The van der Waals surface area contributed by atoms with E-state index in [1.807, 2.05) is 18.2 Å². The summed E-state index contributed by atoms with van der Waals surface area (Å²) in [5.41, 5.74) is 12.2. The van der Waals surface area contributed by atoms with Crippen molar-refractivity contribution in [3.63, 3.8) is 0 Å². The largest absolute Gasteiger partial charge is 0.493 e. The molecule has 0 fully saturated rings. The Labute approximate surface area is 96.0 Å². The van der Waals surface area contributed by atoms with Gasteiger partial charge in [0.25, 0.3) is 0 Å². The Balaban J connectivity index is 0.00000196. The molecule has 5 heteroatoms. The van der Waals surface area contributed by atoms with Crippen LogP contribution in [0.5, 0.6) is 11.5 Å². The van der Waals surface area contributed by atoms with E-state index in [0.29, 0.717) is 18.0 Å². The number of hydrogen-bond acceptors (Lipinski definition) is 4. The second-order valence-corrected chi connectivity index (χ2v) is 2.96. The van der Waals surface area contributed by atoms with Crippen LogP contribution in [0.1, 0.15) is 11.6 Å². The number of rotatable bonds is 4. The number of methoxy groups -OCH3 is 2. The number of ether oxygens (including phenoxy) is 2. The second kappa shape index (κ2) is 6.50. The van der Waals surface area contributed by atoms with Crippen molar-refractivity contribution in [3.8, 4) is 11.5 Å². The van der Waals surface area contributed by atoms with Gasteiger partial charge in [0.1, 0.15) is 0 Å². The first-order chi connectivity index (χ1) is 6.72. The molecule has 0 amide bonds. The summed E-state index contributed by atoms with van der Waals surface area (Å²) in [5, 5.41) is 0. The zero-order valence-electron chi connectivity index (χ0n) is 8.90. The summed E-state index contributed by atoms with van der Waals surface area (Å²) < 4.78 is 10.3. The fourth-order valence-corrected chi connectivity index (χ4v) is 1.22. The topological polar surface area (TPSA) is 70.5 Å². The molecule has 0 aromatic heterocycles. The molecule has 1 aromatic rings. The highest BCUT2D eigenvalue weighted by Crippen LogP contribution is 2.29. The van der Waals surface area contributed by atoms with Gasteiger partial charge in [-0.3, -0.25) is 0 Å². The SMILES string of the molecule is COc1ccc([C@@H](N)CN)cc1OC.Cl. The maximum absolute atomic E-state index is 5.79. The molecular formula is C10H17ClN2O2. The van der Waals surface area contributed by atoms with E-state index < -0.39 is 0 Å². The third kappa shape index (κ3) is 3.27. The highest BCUT2D eigenvalue weighted by atomic mass is 35.5. The van der Waals surface area contributed by atoms with E-state index >= 15 is 0 Å². The van der Waals surface area contributed by atoms with Gasteiger partial charge in [0.2, 0.25) is 0 Å². The molecule has 0 aliphatic heterocycles. The van der Waals surface area contributed by atoms with Gasteiger partial charge in [-0.05, 0) is 17.7 Å². The minimum Gasteiger partial charge on any atom is -0.493 e. The number of benzene rings is 1. The van der Waals surface area contributed by atoms with E-state index in [-0.39, 0.29) is 18.4 Å². The monoisotopic (exact) mass is 232 g/mol. The van der Waals surface area contributed by atoms with Crippen molar-refractivity contribution in [2.45, 2.75) is 6.04 Å². The molecule has 4 nitrogen and oxygen atoms in total. The summed E-state index contributed by atoms with van der Waals surface area (Å²) in [7, 11) is 3.19. The Morgan fingerprint density at radius 2 is 1.80 bits per heavy atom. The first-order valence-electron chi connectivity index (χ1n) is 4.40. The van der Waals surface area contributed by atoms with E-state index in [9.17, 15) is 0 Å². The molecule has 1 atom stereocenters. The smallest absolute Gasteiger partial charge is 0.161 e. The summed E-state index contributed by atoms with van der Waals surface area (Å²) in [6.07, 6.45) is 0. The summed E-state index contributed by atoms with van der Waals surface area (Å²) in [6.45, 7) is 0.412. The molecule has 0 saturated heterocycles. The lowest BCUT2D eigenvalue weighted by molar-refractivity contribution is 0.354. The number of hydrogen-bond donors (Lipinski definition) is 2. The Morgan fingerprint density at radius 3 is 2.27 bits per heavy atom. The lowest BCUT2D eigenvalue weighted by Gasteiger charge is -2.13. The first-order valence-corrected chi connectivity index (χ1v) is 4.40. The van der Waals surface area contributed by atoms with Crippen LogP contribution in [-0.2, 0) is 0 Å². The highest BCUT2D eigenvalue weighted by molar-refractivity contribution is 5.85. The molecule has 15 heavy (non-hydrogen) atoms. The third-order valence-corrected chi connectivity index (χ3v) is 2.09. The van der Waals surface area contributed by atoms with Gasteiger partial charge in [0.15, 0.2) is 11.5 Å². The van der Waals surface area contributed by atoms with Crippen molar-refractivity contribution in [3.05, 3.63) is 23.8 Å². The zero-order valence-corrected chi connectivity index (χ0v) is 9.71. The maximum atomic E-state index is 5.79. The molecule has 1 aromatic carbocycles. The van der Waals surface area contributed by atoms with Crippen LogP contribution in [0.4, 0.5) is 0 Å². The average Bonchev–Trinajstić information content (AvgIpc) is 2.26. The first kappa shape index (κ1) is 14.0. The van der Waals surface area contributed by atoms with Gasteiger partial charge in [-0.25, -0.2) is 0 Å². The molecule has 0 saturated carbocycles. The van der Waals surface area contributed by atoms with Crippen LogP contribution in [0.15, 0.2) is 18.2 Å². The van der Waals surface area contributed by atoms with E-state index in [4.69, 9.17) is 20.9 Å². The second-order valence-electron chi connectivity index (χ2n) is 2.96. The predicted octanol–water partition coefficient (Wildman–Crippen LogP) is 1.08. The highest BCUT2D eigenvalue weighted by Gasteiger charge is 2.08. The molecule has 1 rings (SSSR count). The van der Waals surface area contributed by atoms with Gasteiger partial charge in [0, 0.05) is 12.6 Å². The van der Waals surface area contributed by atoms with Crippen LogP contribution in [-0.4, -0.2) is 20.8 Å². The lowest BCUT2D eigenvalue weighted by atomic mass is 10.1. The van der Waals surface area contributed by atoms with Crippen molar-refractivity contribution in [2.24, 2.45) is 11.5 Å². The molecule has 0 aliphatic carbocycles. The minimum absolute atomic E-state index is 0. The van der Waals surface area contributed by atoms with Gasteiger partial charge in [-0.15, -0.1) is 12.4 Å². The average molecular weight is 233 g/mol. The molecule has 0 spiro atoms. The van der Waals surface area contributed by atoms with E-state index in [0.717, 1.165) is 5.56 Å². The minimum atomic E-state index is -0.158. The Kier molecular flexibility index (Phi) is 6.08. The van der Waals surface area contributed by atoms with Crippen molar-refractivity contribution < 1.29 is 9.47 Å². The molecular weight excluding hydrogens is 216 g/mol. The van der Waals surface area contributed by atoms with Crippen LogP contribution in [0, 0.1) is 0 Å². The Bertz CT molecular complexity index is 307. The molecule has 4 N–H and O–H groups in total. The van der Waals surface area contributed by atoms with Gasteiger partial charge < -0.3 is 20.9 Å². The van der Waals surface area contributed by atoms with Crippen LogP contribution in [0.2, 0.25) is 0 Å². The molecule has 0 unspecified atom stereocenters. The van der Waals surface area contributed by atoms with Crippen molar-refractivity contribution in [1.82, 2.24) is 0 Å². The van der Waals surface area contributed by atoms with Gasteiger partial charge >= 0.3 is 0 Å². The van der Waals surface area contributed by atoms with Crippen LogP contribution in [0.3, 0.4) is 0 Å². The van der Waals surface area contributed by atoms with E-state index in [2.05, 4.69) is 0 Å². The Hall–Kier alpha value is -0.970. The quantitative estimate of drug-likeness (QED) is 0.815. The van der Waals surface area contributed by atoms with Gasteiger partial charge in [0.05, 0.1) is 14.2 Å². The standard InChI is InChI=1S/C10H16N2O2.ClH/c1-13-9-4-3-7(8(12)6-11)5-10(9)14-2;/h3-5,8H,6,11-12H2,1-2H3;1H/t8-;/m0./s1. The fraction of sp³-hybridized carbons (Fsp3) is 0.400. The fourth-order valence-electron chi connectivity index (χ4n) is 1.22. The van der Waals surface area contributed by atoms with Gasteiger partial charge in [-0.2, -0.15) is 0 Å². The number of halogens is 1. The number of nitrogens with two attached hydrogens (primary N) is 2. The summed E-state index contributed by atoms with van der Waals surface area (Å²) >= 11 is 0. The predicted molar refractivity (Wildman–Crippen MR) is 62.8 cm³/mol. The van der Waals surface area contributed by atoms with Gasteiger partial charge in [-0.1, -0.05) is 6.07 Å². The molecule has 0 heterocycles. The lowest BCUT2D eigenvalue weighted by Crippen LogP contribution is -2.20. The van der Waals surface area contributed by atoms with Crippen molar-refractivity contribution in [1.29, 1.82) is 0 Å². The van der Waals surface area contributed by atoms with E-state index in [1.165, 1.54) is 0 Å². The zero-order chi connectivity index (χ0) is 10.6. The van der Waals surface area contributed by atoms with Crippen LogP contribution < -0.4 is 20.9 Å². The maximum Gasteiger partial charge on any atom is 0.161 e. The molecule has 0 bridgehead atoms. The Morgan fingerprint density at radius 1 is 1.20 bits per heavy atom. The molecule has 0 radical (unpaired) electrons. The van der Waals surface area contributed by atoms with Crippen LogP contribution in [0.25, 0.3) is 0 Å². The van der Waals surface area contributed by atoms with Crippen molar-refractivity contribution >= 4 is 12.4 Å². The van der Waals surface area contributed by atoms with Crippen LogP contribution >= 0.6 is 12.4 Å². The normalized spacial score (nSPS) is 11.5. The third-order valence-electron chi connectivity index (χ3n) is 2.09. The van der Waals surface area contributed by atoms with Crippen molar-refractivity contribution in [2.75, 3.05) is 20.8 Å². The summed E-state index contributed by atoms with van der Waals surface area (Å²) in [6, 6.07) is 5.40. The molecule has 86 valence electrons. The molecule has 0 aliphatic rings. The van der Waals surface area contributed by atoms with E-state index in [1.54, 1.807) is 14.2 Å².